The fourth-order valence-corrected chi connectivity index (χ4v) is 2.33. The van der Waals surface area contributed by atoms with Crippen LogP contribution in [0.3, 0.4) is 0 Å². The van der Waals surface area contributed by atoms with Crippen LogP contribution in [0.1, 0.15) is 18.9 Å². The summed E-state index contributed by atoms with van der Waals surface area (Å²) in [7, 11) is -3.80. The van der Waals surface area contributed by atoms with Crippen molar-refractivity contribution in [2.24, 2.45) is 5.73 Å². The molecule has 0 atom stereocenters. The van der Waals surface area contributed by atoms with Crippen molar-refractivity contribution in [2.45, 2.75) is 18.2 Å². The molecule has 1 amide bonds. The first-order chi connectivity index (χ1) is 9.99. The number of carbonyl (C=O) groups excluding carboxylic acids is 1. The number of hydrogen-bond donors (Lipinski definition) is 3. The molecule has 0 aliphatic heterocycles. The van der Waals surface area contributed by atoms with Crippen LogP contribution in [-0.4, -0.2) is 38.9 Å². The summed E-state index contributed by atoms with van der Waals surface area (Å²) in [5, 5.41) is 2.58. The minimum Gasteiger partial charge on any atom is -0.355 e. The minimum atomic E-state index is -3.80. The van der Waals surface area contributed by atoms with Crippen LogP contribution >= 0.6 is 0 Å². The summed E-state index contributed by atoms with van der Waals surface area (Å²) in [6, 6.07) is 1.38. The molecule has 1 rings (SSSR count). The molecule has 0 aliphatic rings. The van der Waals surface area contributed by atoms with E-state index in [2.05, 4.69) is 26.9 Å². The van der Waals surface area contributed by atoms with E-state index in [1.54, 1.807) is 0 Å². The first-order valence-corrected chi connectivity index (χ1v) is 7.88. The van der Waals surface area contributed by atoms with Gasteiger partial charge in [-0.15, -0.1) is 0 Å². The molecule has 1 aromatic rings. The molecule has 0 aromatic carbocycles. The SMILES string of the molecule is CCCNC(=O)CNS(=O)(=O)c1cncc(C#CCN)c1. The van der Waals surface area contributed by atoms with Gasteiger partial charge in [-0.2, -0.15) is 0 Å². The molecule has 1 heterocycles. The van der Waals surface area contributed by atoms with Crippen molar-refractivity contribution < 1.29 is 13.2 Å². The quantitative estimate of drug-likeness (QED) is 0.595. The average molecular weight is 310 g/mol. The number of nitrogens with one attached hydrogen (secondary N) is 2. The monoisotopic (exact) mass is 310 g/mol. The van der Waals surface area contributed by atoms with Crippen molar-refractivity contribution in [1.29, 1.82) is 0 Å². The van der Waals surface area contributed by atoms with Gasteiger partial charge in [-0.25, -0.2) is 13.1 Å². The number of nitrogens with zero attached hydrogens (tertiary/aromatic N) is 1. The Balaban J connectivity index is 2.76. The third-order valence-corrected chi connectivity index (χ3v) is 3.72. The Morgan fingerprint density at radius 1 is 1.43 bits per heavy atom. The molecule has 114 valence electrons. The van der Waals surface area contributed by atoms with Crippen molar-refractivity contribution in [3.63, 3.8) is 0 Å². The Bertz CT molecular complexity index is 647. The van der Waals surface area contributed by atoms with Crippen LogP contribution in [0.4, 0.5) is 0 Å². The third kappa shape index (κ3) is 5.91. The zero-order chi connectivity index (χ0) is 15.7. The van der Waals surface area contributed by atoms with Crippen LogP contribution in [0, 0.1) is 11.8 Å². The summed E-state index contributed by atoms with van der Waals surface area (Å²) >= 11 is 0. The normalized spacial score (nSPS) is 10.6. The maximum Gasteiger partial charge on any atom is 0.242 e. The molecule has 0 radical (unpaired) electrons. The smallest absolute Gasteiger partial charge is 0.242 e. The van der Waals surface area contributed by atoms with Crippen LogP contribution in [0.25, 0.3) is 0 Å². The highest BCUT2D eigenvalue weighted by Gasteiger charge is 2.16. The highest BCUT2D eigenvalue weighted by molar-refractivity contribution is 7.89. The van der Waals surface area contributed by atoms with Crippen molar-refractivity contribution in [2.75, 3.05) is 19.6 Å². The summed E-state index contributed by atoms with van der Waals surface area (Å²) in [4.78, 5) is 15.2. The first kappa shape index (κ1) is 17.1. The molecule has 21 heavy (non-hydrogen) atoms. The average Bonchev–Trinajstić information content (AvgIpc) is 2.49. The summed E-state index contributed by atoms with van der Waals surface area (Å²) in [5.74, 6) is 4.93. The second kappa shape index (κ2) is 8.36. The van der Waals surface area contributed by atoms with Crippen LogP contribution in [0.2, 0.25) is 0 Å². The van der Waals surface area contributed by atoms with E-state index in [-0.39, 0.29) is 23.9 Å². The molecule has 0 unspecified atom stereocenters. The summed E-state index contributed by atoms with van der Waals surface area (Å²) in [5.41, 5.74) is 5.70. The van der Waals surface area contributed by atoms with Gasteiger partial charge < -0.3 is 11.1 Å². The molecule has 1 aromatic heterocycles. The lowest BCUT2D eigenvalue weighted by atomic mass is 10.3. The maximum atomic E-state index is 12.0. The largest absolute Gasteiger partial charge is 0.355 e. The number of carbonyl (C=O) groups is 1. The van der Waals surface area contributed by atoms with E-state index in [9.17, 15) is 13.2 Å². The predicted octanol–water partition coefficient (Wildman–Crippen LogP) is -0.804. The molecule has 0 fully saturated rings. The van der Waals surface area contributed by atoms with E-state index in [0.29, 0.717) is 12.1 Å². The fourth-order valence-electron chi connectivity index (χ4n) is 1.36. The molecule has 8 heteroatoms. The van der Waals surface area contributed by atoms with E-state index in [1.165, 1.54) is 18.5 Å². The van der Waals surface area contributed by atoms with Crippen LogP contribution in [0.15, 0.2) is 23.4 Å². The van der Waals surface area contributed by atoms with Gasteiger partial charge in [-0.3, -0.25) is 9.78 Å². The molecule has 0 bridgehead atoms. The highest BCUT2D eigenvalue weighted by Crippen LogP contribution is 2.08. The van der Waals surface area contributed by atoms with Crippen molar-refractivity contribution in [3.05, 3.63) is 24.0 Å². The van der Waals surface area contributed by atoms with Gasteiger partial charge in [-0.1, -0.05) is 18.8 Å². The van der Waals surface area contributed by atoms with Gasteiger partial charge in [0.05, 0.1) is 13.1 Å². The Labute approximate surface area is 124 Å². The lowest BCUT2D eigenvalue weighted by Crippen LogP contribution is -2.37. The summed E-state index contributed by atoms with van der Waals surface area (Å²) < 4.78 is 26.3. The van der Waals surface area contributed by atoms with Gasteiger partial charge in [0.1, 0.15) is 4.90 Å². The number of rotatable bonds is 6. The Morgan fingerprint density at radius 2 is 2.19 bits per heavy atom. The van der Waals surface area contributed by atoms with E-state index >= 15 is 0 Å². The Kier molecular flexibility index (Phi) is 6.81. The van der Waals surface area contributed by atoms with Gasteiger partial charge in [0.2, 0.25) is 15.9 Å². The van der Waals surface area contributed by atoms with E-state index in [4.69, 9.17) is 5.73 Å². The van der Waals surface area contributed by atoms with Gasteiger partial charge in [-0.05, 0) is 12.5 Å². The Morgan fingerprint density at radius 3 is 2.86 bits per heavy atom. The van der Waals surface area contributed by atoms with E-state index < -0.39 is 10.0 Å². The lowest BCUT2D eigenvalue weighted by Gasteiger charge is -2.07. The zero-order valence-corrected chi connectivity index (χ0v) is 12.5. The number of sulfonamides is 1. The lowest BCUT2D eigenvalue weighted by molar-refractivity contribution is -0.119. The highest BCUT2D eigenvalue weighted by atomic mass is 32.2. The van der Waals surface area contributed by atoms with Gasteiger partial charge in [0, 0.05) is 24.5 Å². The molecule has 7 nitrogen and oxygen atoms in total. The predicted molar refractivity (Wildman–Crippen MR) is 78.7 cm³/mol. The molecule has 4 N–H and O–H groups in total. The molecule has 0 aliphatic carbocycles. The van der Waals surface area contributed by atoms with Gasteiger partial charge in [0.25, 0.3) is 0 Å². The van der Waals surface area contributed by atoms with Gasteiger partial charge in [0.15, 0.2) is 0 Å². The topological polar surface area (TPSA) is 114 Å². The molecule has 0 saturated carbocycles. The molecular formula is C13H18N4O3S. The maximum absolute atomic E-state index is 12.0. The van der Waals surface area contributed by atoms with Gasteiger partial charge >= 0.3 is 0 Å². The summed E-state index contributed by atoms with van der Waals surface area (Å²) in [6.07, 6.45) is 3.42. The molecule has 0 spiro atoms. The van der Waals surface area contributed by atoms with Crippen LogP contribution in [0.5, 0.6) is 0 Å². The number of nitrogens with two attached hydrogens (primary N) is 1. The van der Waals surface area contributed by atoms with Crippen molar-refractivity contribution >= 4 is 15.9 Å². The standard InChI is InChI=1S/C13H18N4O3S/c1-2-6-16-13(18)10-17-21(19,20)12-7-11(4-3-5-14)8-15-9-12/h7-9,17H,2,5-6,10,14H2,1H3,(H,16,18). The second-order valence-corrected chi connectivity index (χ2v) is 5.86. The summed E-state index contributed by atoms with van der Waals surface area (Å²) in [6.45, 7) is 2.27. The third-order valence-electron chi connectivity index (χ3n) is 2.35. The number of amides is 1. The van der Waals surface area contributed by atoms with Crippen LogP contribution in [-0.2, 0) is 14.8 Å². The van der Waals surface area contributed by atoms with Crippen molar-refractivity contribution in [3.8, 4) is 11.8 Å². The Hall–Kier alpha value is -1.95. The minimum absolute atomic E-state index is 0.0467. The fraction of sp³-hybridized carbons (Fsp3) is 0.385. The number of pyridine rings is 1. The van der Waals surface area contributed by atoms with Crippen molar-refractivity contribution in [1.82, 2.24) is 15.0 Å². The molecule has 0 saturated heterocycles. The van der Waals surface area contributed by atoms with E-state index in [0.717, 1.165) is 6.42 Å². The first-order valence-electron chi connectivity index (χ1n) is 6.40. The second-order valence-electron chi connectivity index (χ2n) is 4.09. The van der Waals surface area contributed by atoms with Crippen LogP contribution < -0.4 is 15.8 Å². The molecular weight excluding hydrogens is 292 g/mol. The number of hydrogen-bond acceptors (Lipinski definition) is 5. The van der Waals surface area contributed by atoms with E-state index in [1.807, 2.05) is 6.92 Å². The number of aromatic nitrogens is 1. The zero-order valence-electron chi connectivity index (χ0n) is 11.7.